The van der Waals surface area contributed by atoms with Crippen molar-refractivity contribution in [1.29, 1.82) is 0 Å². The molecule has 50 heavy (non-hydrogen) atoms. The number of rotatable bonds is 13. The molecule has 4 N–H and O–H groups in total. The zero-order chi connectivity index (χ0) is 35.0. The number of amides is 3. The predicted molar refractivity (Wildman–Crippen MR) is 199 cm³/mol. The van der Waals surface area contributed by atoms with Crippen LogP contribution in [-0.4, -0.2) is 87.6 Å². The van der Waals surface area contributed by atoms with E-state index in [1.54, 1.807) is 18.5 Å². The quantitative estimate of drug-likeness (QED) is 0.157. The number of carbonyl (C=O) groups excluding carboxylic acids is 2. The molecule has 2 unspecified atom stereocenters. The van der Waals surface area contributed by atoms with Gasteiger partial charge >= 0.3 is 6.03 Å². The zero-order valence-corrected chi connectivity index (χ0v) is 29.4. The van der Waals surface area contributed by atoms with Crippen LogP contribution in [0.1, 0.15) is 62.4 Å². The number of pyridine rings is 3. The Hall–Kier alpha value is -4.81. The molecule has 6 rings (SSSR count). The lowest BCUT2D eigenvalue weighted by Crippen LogP contribution is -2.39. The second-order valence-electron chi connectivity index (χ2n) is 13.3. The molecule has 0 saturated carbocycles. The van der Waals surface area contributed by atoms with Gasteiger partial charge in [-0.25, -0.2) is 9.78 Å². The average Bonchev–Trinajstić information content (AvgIpc) is 3.74. The average molecular weight is 680 g/mol. The summed E-state index contributed by atoms with van der Waals surface area (Å²) in [6, 6.07) is 15.4. The standard InChI is InChI=1S/C38H49N9O3/c1-4-47-35-31(15-16-32(44-35)29-11-13-30(14-12-29)43-38(50)42-25-28-10-5-17-39-24-28)34(48)33(36(47)40-18-22-45-20-6-8-26(45)2)37(49)41-19-23-46-21-7-9-27(46)3/h5,10-17,24,26-27,40H,4,6-9,18-23,25H2,1-3H3,(H,41,49)(H2,42,43,50). The lowest BCUT2D eigenvalue weighted by Gasteiger charge is -2.24. The largest absolute Gasteiger partial charge is 0.369 e. The maximum Gasteiger partial charge on any atom is 0.319 e. The Morgan fingerprint density at radius 3 is 2.26 bits per heavy atom. The molecule has 0 bridgehead atoms. The Bertz CT molecular complexity index is 1840. The van der Waals surface area contributed by atoms with Crippen molar-refractivity contribution in [2.24, 2.45) is 0 Å². The van der Waals surface area contributed by atoms with E-state index in [1.165, 1.54) is 25.7 Å². The molecular weight excluding hydrogens is 630 g/mol. The number of anilines is 2. The van der Waals surface area contributed by atoms with Crippen molar-refractivity contribution in [2.75, 3.05) is 49.9 Å². The minimum Gasteiger partial charge on any atom is -0.369 e. The van der Waals surface area contributed by atoms with Gasteiger partial charge in [-0.3, -0.25) is 24.4 Å². The highest BCUT2D eigenvalue weighted by atomic mass is 16.2. The molecule has 264 valence electrons. The van der Waals surface area contributed by atoms with E-state index in [4.69, 9.17) is 4.98 Å². The van der Waals surface area contributed by atoms with Gasteiger partial charge in [-0.1, -0.05) is 18.2 Å². The van der Waals surface area contributed by atoms with E-state index in [0.29, 0.717) is 66.5 Å². The first-order valence-electron chi connectivity index (χ1n) is 17.9. The van der Waals surface area contributed by atoms with E-state index in [0.717, 1.165) is 37.3 Å². The predicted octanol–water partition coefficient (Wildman–Crippen LogP) is 4.91. The monoisotopic (exact) mass is 679 g/mol. The van der Waals surface area contributed by atoms with Crippen molar-refractivity contribution in [2.45, 2.75) is 71.6 Å². The summed E-state index contributed by atoms with van der Waals surface area (Å²) in [6.07, 6.45) is 8.11. The van der Waals surface area contributed by atoms with E-state index < -0.39 is 0 Å². The Balaban J connectivity index is 1.24. The number of hydrogen-bond acceptors (Lipinski definition) is 8. The van der Waals surface area contributed by atoms with Gasteiger partial charge in [0, 0.05) is 75.0 Å². The van der Waals surface area contributed by atoms with Crippen molar-refractivity contribution < 1.29 is 9.59 Å². The van der Waals surface area contributed by atoms with Crippen LogP contribution in [0.4, 0.5) is 16.3 Å². The lowest BCUT2D eigenvalue weighted by molar-refractivity contribution is 0.0947. The zero-order valence-electron chi connectivity index (χ0n) is 29.4. The number of benzene rings is 1. The number of aromatic nitrogens is 3. The molecule has 2 aliphatic rings. The third-order valence-electron chi connectivity index (χ3n) is 10.0. The van der Waals surface area contributed by atoms with Gasteiger partial charge in [0.25, 0.3) is 5.91 Å². The molecule has 12 heteroatoms. The summed E-state index contributed by atoms with van der Waals surface area (Å²) in [4.78, 5) is 54.2. The van der Waals surface area contributed by atoms with Gasteiger partial charge in [-0.05, 0) is 95.4 Å². The number of likely N-dealkylation sites (tertiary alicyclic amines) is 2. The maximum atomic E-state index is 14.1. The van der Waals surface area contributed by atoms with Gasteiger partial charge in [0.05, 0.1) is 11.1 Å². The number of nitrogens with zero attached hydrogens (tertiary/aromatic N) is 5. The van der Waals surface area contributed by atoms with Gasteiger partial charge in [-0.15, -0.1) is 0 Å². The molecule has 4 aromatic rings. The fourth-order valence-electron chi connectivity index (χ4n) is 7.13. The van der Waals surface area contributed by atoms with Crippen molar-refractivity contribution in [1.82, 2.24) is 35.0 Å². The molecule has 0 radical (unpaired) electrons. The molecule has 1 aromatic carbocycles. The Morgan fingerprint density at radius 1 is 0.900 bits per heavy atom. The van der Waals surface area contributed by atoms with Crippen LogP contribution in [0, 0.1) is 0 Å². The van der Waals surface area contributed by atoms with Crippen LogP contribution in [0.25, 0.3) is 22.3 Å². The Labute approximate surface area is 293 Å². The maximum absolute atomic E-state index is 14.1. The molecule has 2 atom stereocenters. The number of nitrogens with one attached hydrogen (secondary N) is 4. The first-order valence-corrected chi connectivity index (χ1v) is 17.9. The van der Waals surface area contributed by atoms with Crippen molar-refractivity contribution in [3.05, 3.63) is 82.3 Å². The minimum absolute atomic E-state index is 0.134. The topological polar surface area (TPSA) is 137 Å². The van der Waals surface area contributed by atoms with E-state index in [1.807, 2.05) is 54.0 Å². The van der Waals surface area contributed by atoms with Crippen molar-refractivity contribution >= 4 is 34.5 Å². The normalized spacial score (nSPS) is 18.0. The van der Waals surface area contributed by atoms with Crippen LogP contribution in [0.5, 0.6) is 0 Å². The summed E-state index contributed by atoms with van der Waals surface area (Å²) >= 11 is 0. The third kappa shape index (κ3) is 8.14. The highest BCUT2D eigenvalue weighted by Crippen LogP contribution is 2.26. The summed E-state index contributed by atoms with van der Waals surface area (Å²) in [6.45, 7) is 12.1. The van der Waals surface area contributed by atoms with Gasteiger partial charge in [0.15, 0.2) is 0 Å². The molecule has 3 amide bonds. The number of urea groups is 1. The summed E-state index contributed by atoms with van der Waals surface area (Å²) in [5.74, 6) is 0.144. The van der Waals surface area contributed by atoms with Crippen LogP contribution < -0.4 is 26.7 Å². The Kier molecular flexibility index (Phi) is 11.4. The first-order chi connectivity index (χ1) is 24.3. The molecule has 3 aromatic heterocycles. The Morgan fingerprint density at radius 2 is 1.62 bits per heavy atom. The van der Waals surface area contributed by atoms with E-state index in [-0.39, 0.29) is 22.9 Å². The van der Waals surface area contributed by atoms with Crippen LogP contribution >= 0.6 is 0 Å². The summed E-state index contributed by atoms with van der Waals surface area (Å²) in [7, 11) is 0. The lowest BCUT2D eigenvalue weighted by atomic mass is 10.1. The third-order valence-corrected chi connectivity index (χ3v) is 10.0. The number of fused-ring (bicyclic) bond motifs is 1. The number of carbonyl (C=O) groups is 2. The van der Waals surface area contributed by atoms with Gasteiger partial charge in [0.1, 0.15) is 17.0 Å². The molecule has 0 aliphatic carbocycles. The van der Waals surface area contributed by atoms with E-state index >= 15 is 0 Å². The molecule has 5 heterocycles. The fraction of sp³-hybridized carbons (Fsp3) is 0.447. The minimum atomic E-state index is -0.361. The summed E-state index contributed by atoms with van der Waals surface area (Å²) in [5.41, 5.74) is 3.38. The van der Waals surface area contributed by atoms with E-state index in [2.05, 4.69) is 49.9 Å². The summed E-state index contributed by atoms with van der Waals surface area (Å²) in [5, 5.41) is 12.6. The second-order valence-corrected chi connectivity index (χ2v) is 13.3. The van der Waals surface area contributed by atoms with Crippen molar-refractivity contribution in [3.8, 4) is 11.3 Å². The van der Waals surface area contributed by atoms with Crippen LogP contribution in [0.2, 0.25) is 0 Å². The van der Waals surface area contributed by atoms with Crippen molar-refractivity contribution in [3.63, 3.8) is 0 Å². The molecule has 2 fully saturated rings. The van der Waals surface area contributed by atoms with Gasteiger partial charge in [-0.2, -0.15) is 0 Å². The first kappa shape index (κ1) is 35.0. The molecule has 2 aliphatic heterocycles. The van der Waals surface area contributed by atoms with Crippen LogP contribution in [0.15, 0.2) is 65.7 Å². The molecule has 12 nitrogen and oxygen atoms in total. The second kappa shape index (κ2) is 16.3. The number of aryl methyl sites for hydroxylation is 1. The molecular formula is C38H49N9O3. The highest BCUT2D eigenvalue weighted by Gasteiger charge is 2.25. The smallest absolute Gasteiger partial charge is 0.319 e. The fourth-order valence-corrected chi connectivity index (χ4v) is 7.13. The SMILES string of the molecule is CCn1c(NCCN2CCCC2C)c(C(=O)NCCN2CCCC2C)c(=O)c2ccc(-c3ccc(NC(=O)NCc4cccnc4)cc3)nc21. The number of hydrogen-bond donors (Lipinski definition) is 4. The van der Waals surface area contributed by atoms with Gasteiger partial charge in [0.2, 0.25) is 5.43 Å². The van der Waals surface area contributed by atoms with E-state index in [9.17, 15) is 14.4 Å². The molecule has 2 saturated heterocycles. The highest BCUT2D eigenvalue weighted by molar-refractivity contribution is 6.02. The van der Waals surface area contributed by atoms with Crippen LogP contribution in [-0.2, 0) is 13.1 Å². The summed E-state index contributed by atoms with van der Waals surface area (Å²) < 4.78 is 1.95. The van der Waals surface area contributed by atoms with Crippen LogP contribution in [0.3, 0.4) is 0 Å². The molecule has 0 spiro atoms. The van der Waals surface area contributed by atoms with Gasteiger partial charge < -0.3 is 25.8 Å².